The molecule has 0 spiro atoms. The van der Waals surface area contributed by atoms with Crippen molar-refractivity contribution in [3.63, 3.8) is 0 Å². The van der Waals surface area contributed by atoms with E-state index in [0.29, 0.717) is 6.54 Å². The van der Waals surface area contributed by atoms with Gasteiger partial charge in [0.05, 0.1) is 16.7 Å². The lowest BCUT2D eigenvalue weighted by Gasteiger charge is -2.05. The monoisotopic (exact) mass is 297 g/mol. The number of aromatic nitrogens is 4. The van der Waals surface area contributed by atoms with Gasteiger partial charge in [-0.2, -0.15) is 0 Å². The Morgan fingerprint density at radius 2 is 2.05 bits per heavy atom. The van der Waals surface area contributed by atoms with Crippen LogP contribution in [-0.2, 0) is 6.54 Å². The Labute approximate surface area is 125 Å². The van der Waals surface area contributed by atoms with E-state index in [-0.39, 0.29) is 0 Å². The maximum Gasteiger partial charge on any atom is 0.195 e. The van der Waals surface area contributed by atoms with Gasteiger partial charge >= 0.3 is 0 Å². The average molecular weight is 297 g/mol. The smallest absolute Gasteiger partial charge is 0.195 e. The summed E-state index contributed by atoms with van der Waals surface area (Å²) < 4.78 is 4.08. The first-order valence-electron chi connectivity index (χ1n) is 6.78. The SMILES string of the molecule is Cc1cc2ncn(-c3nc4sccn4c3CN)c2cc1C. The second kappa shape index (κ2) is 4.41. The summed E-state index contributed by atoms with van der Waals surface area (Å²) in [6, 6.07) is 4.27. The Balaban J connectivity index is 2.04. The van der Waals surface area contributed by atoms with E-state index in [2.05, 4.69) is 31.0 Å². The third kappa shape index (κ3) is 1.73. The van der Waals surface area contributed by atoms with E-state index < -0.39 is 0 Å². The third-order valence-electron chi connectivity index (χ3n) is 3.92. The molecule has 0 saturated carbocycles. The third-order valence-corrected chi connectivity index (χ3v) is 4.68. The van der Waals surface area contributed by atoms with Crippen molar-refractivity contribution in [1.29, 1.82) is 0 Å². The molecule has 0 radical (unpaired) electrons. The van der Waals surface area contributed by atoms with Crippen molar-refractivity contribution in [2.75, 3.05) is 0 Å². The molecule has 4 rings (SSSR count). The largest absolute Gasteiger partial charge is 0.325 e. The summed E-state index contributed by atoms with van der Waals surface area (Å²) in [5.74, 6) is 0.870. The van der Waals surface area contributed by atoms with Gasteiger partial charge in [0.2, 0.25) is 0 Å². The van der Waals surface area contributed by atoms with Gasteiger partial charge in [-0.15, -0.1) is 11.3 Å². The molecule has 3 heterocycles. The van der Waals surface area contributed by atoms with Crippen LogP contribution >= 0.6 is 11.3 Å². The van der Waals surface area contributed by atoms with Crippen LogP contribution in [0, 0.1) is 13.8 Å². The number of aryl methyl sites for hydroxylation is 2. The van der Waals surface area contributed by atoms with Gasteiger partial charge in [-0.3, -0.25) is 8.97 Å². The molecule has 1 aromatic carbocycles. The van der Waals surface area contributed by atoms with Gasteiger partial charge in [-0.1, -0.05) is 0 Å². The number of imidazole rings is 2. The van der Waals surface area contributed by atoms with Crippen LogP contribution in [-0.4, -0.2) is 18.9 Å². The van der Waals surface area contributed by atoms with E-state index in [1.807, 2.05) is 26.9 Å². The number of benzene rings is 1. The Hall–Kier alpha value is -2.18. The van der Waals surface area contributed by atoms with E-state index in [0.717, 1.165) is 27.5 Å². The van der Waals surface area contributed by atoms with Gasteiger partial charge in [-0.25, -0.2) is 9.97 Å². The Bertz CT molecular complexity index is 959. The number of nitrogens with two attached hydrogens (primary N) is 1. The van der Waals surface area contributed by atoms with E-state index >= 15 is 0 Å². The van der Waals surface area contributed by atoms with Crippen LogP contribution < -0.4 is 5.73 Å². The van der Waals surface area contributed by atoms with Crippen molar-refractivity contribution < 1.29 is 0 Å². The maximum absolute atomic E-state index is 5.93. The molecular weight excluding hydrogens is 282 g/mol. The summed E-state index contributed by atoms with van der Waals surface area (Å²) in [6.07, 6.45) is 3.84. The predicted molar refractivity (Wildman–Crippen MR) is 85.1 cm³/mol. The van der Waals surface area contributed by atoms with Crippen molar-refractivity contribution in [1.82, 2.24) is 18.9 Å². The summed E-state index contributed by atoms with van der Waals surface area (Å²) in [5.41, 5.74) is 11.5. The zero-order chi connectivity index (χ0) is 14.6. The van der Waals surface area contributed by atoms with Crippen LogP contribution in [0.4, 0.5) is 0 Å². The summed E-state index contributed by atoms with van der Waals surface area (Å²) >= 11 is 1.61. The van der Waals surface area contributed by atoms with E-state index in [4.69, 9.17) is 10.7 Å². The quantitative estimate of drug-likeness (QED) is 0.619. The molecule has 0 amide bonds. The minimum Gasteiger partial charge on any atom is -0.325 e. The Morgan fingerprint density at radius 1 is 1.24 bits per heavy atom. The fraction of sp³-hybridized carbons (Fsp3) is 0.200. The average Bonchev–Trinajstić information content (AvgIpc) is 3.12. The van der Waals surface area contributed by atoms with Gasteiger partial charge in [-0.05, 0) is 37.1 Å². The molecule has 106 valence electrons. The molecule has 0 unspecified atom stereocenters. The van der Waals surface area contributed by atoms with E-state index in [1.165, 1.54) is 11.1 Å². The fourth-order valence-corrected chi connectivity index (χ4v) is 3.36. The number of rotatable bonds is 2. The zero-order valence-electron chi connectivity index (χ0n) is 11.9. The first-order valence-corrected chi connectivity index (χ1v) is 7.66. The number of hydrogen-bond acceptors (Lipinski definition) is 4. The summed E-state index contributed by atoms with van der Waals surface area (Å²) in [4.78, 5) is 10.2. The van der Waals surface area contributed by atoms with Gasteiger partial charge in [0.15, 0.2) is 10.8 Å². The van der Waals surface area contributed by atoms with Crippen molar-refractivity contribution >= 4 is 27.3 Å². The van der Waals surface area contributed by atoms with Crippen LogP contribution in [0.25, 0.3) is 21.8 Å². The van der Waals surface area contributed by atoms with Crippen molar-refractivity contribution in [3.05, 3.63) is 46.9 Å². The van der Waals surface area contributed by atoms with Gasteiger partial charge < -0.3 is 5.73 Å². The summed E-state index contributed by atoms with van der Waals surface area (Å²) in [6.45, 7) is 4.66. The normalized spacial score (nSPS) is 11.8. The standard InChI is InChI=1S/C15H15N5S/c1-9-5-11-12(6-10(9)2)20(8-17-11)14-13(7-16)19-3-4-21-15(19)18-14/h3-6,8H,7,16H2,1-2H3. The van der Waals surface area contributed by atoms with Crippen LogP contribution in [0.15, 0.2) is 30.0 Å². The van der Waals surface area contributed by atoms with Crippen LogP contribution in [0.1, 0.15) is 16.8 Å². The van der Waals surface area contributed by atoms with Crippen LogP contribution in [0.2, 0.25) is 0 Å². The molecule has 0 aliphatic rings. The maximum atomic E-state index is 5.93. The highest BCUT2D eigenvalue weighted by molar-refractivity contribution is 7.15. The van der Waals surface area contributed by atoms with Crippen molar-refractivity contribution in [2.24, 2.45) is 5.73 Å². The lowest BCUT2D eigenvalue weighted by atomic mass is 10.1. The lowest BCUT2D eigenvalue weighted by molar-refractivity contribution is 0.925. The van der Waals surface area contributed by atoms with Gasteiger partial charge in [0, 0.05) is 18.1 Å². The minimum absolute atomic E-state index is 0.442. The summed E-state index contributed by atoms with van der Waals surface area (Å²) in [5, 5.41) is 2.02. The van der Waals surface area contributed by atoms with Gasteiger partial charge in [0.1, 0.15) is 6.33 Å². The zero-order valence-corrected chi connectivity index (χ0v) is 12.7. The molecule has 0 aliphatic carbocycles. The highest BCUT2D eigenvalue weighted by atomic mass is 32.1. The second-order valence-electron chi connectivity index (χ2n) is 5.18. The number of hydrogen-bond donors (Lipinski definition) is 1. The number of thiazole rings is 1. The molecule has 5 nitrogen and oxygen atoms in total. The van der Waals surface area contributed by atoms with Crippen LogP contribution in [0.5, 0.6) is 0 Å². The first-order chi connectivity index (χ1) is 10.2. The topological polar surface area (TPSA) is 61.1 Å². The molecular formula is C15H15N5S. The van der Waals surface area contributed by atoms with Gasteiger partial charge in [0.25, 0.3) is 0 Å². The number of nitrogens with zero attached hydrogens (tertiary/aromatic N) is 4. The Kier molecular flexibility index (Phi) is 2.63. The highest BCUT2D eigenvalue weighted by Gasteiger charge is 2.16. The van der Waals surface area contributed by atoms with Crippen molar-refractivity contribution in [2.45, 2.75) is 20.4 Å². The molecule has 2 N–H and O–H groups in total. The summed E-state index contributed by atoms with van der Waals surface area (Å²) in [7, 11) is 0. The molecule has 0 fully saturated rings. The molecule has 0 atom stereocenters. The molecule has 0 aliphatic heterocycles. The van der Waals surface area contributed by atoms with Crippen LogP contribution in [0.3, 0.4) is 0 Å². The molecule has 0 bridgehead atoms. The lowest BCUT2D eigenvalue weighted by Crippen LogP contribution is -2.05. The van der Waals surface area contributed by atoms with Crippen molar-refractivity contribution in [3.8, 4) is 5.82 Å². The molecule has 3 aromatic heterocycles. The fourth-order valence-electron chi connectivity index (χ4n) is 2.64. The van der Waals surface area contributed by atoms with E-state index in [1.54, 1.807) is 11.3 Å². The molecule has 6 heteroatoms. The molecule has 0 saturated heterocycles. The Morgan fingerprint density at radius 3 is 2.86 bits per heavy atom. The van der Waals surface area contributed by atoms with E-state index in [9.17, 15) is 0 Å². The first kappa shape index (κ1) is 12.6. The predicted octanol–water partition coefficient (Wildman–Crippen LogP) is 2.81. The minimum atomic E-state index is 0.442. The number of fused-ring (bicyclic) bond motifs is 2. The highest BCUT2D eigenvalue weighted by Crippen LogP contribution is 2.25. The molecule has 21 heavy (non-hydrogen) atoms. The second-order valence-corrected chi connectivity index (χ2v) is 6.05. The molecule has 4 aromatic rings.